The Labute approximate surface area is 172 Å². The topological polar surface area (TPSA) is 33.1 Å². The number of benzene rings is 1. The Bertz CT molecular complexity index is 973. The second kappa shape index (κ2) is 7.40. The lowest BCUT2D eigenvalue weighted by Crippen LogP contribution is -2.30. The molecule has 144 valence electrons. The monoisotopic (exact) mass is 390 g/mol. The van der Waals surface area contributed by atoms with Crippen LogP contribution in [0.5, 0.6) is 0 Å². The lowest BCUT2D eigenvalue weighted by Gasteiger charge is -2.30. The normalized spacial score (nSPS) is 19.3. The first kappa shape index (κ1) is 18.7. The number of pyridine rings is 1. The summed E-state index contributed by atoms with van der Waals surface area (Å²) in [6.07, 6.45) is 3.99. The van der Waals surface area contributed by atoms with Gasteiger partial charge in [-0.25, -0.2) is 0 Å². The Balaban J connectivity index is 1.88. The van der Waals surface area contributed by atoms with Crippen LogP contribution in [-0.2, 0) is 0 Å². The van der Waals surface area contributed by atoms with Gasteiger partial charge in [0.1, 0.15) is 6.04 Å². The minimum absolute atomic E-state index is 0.0121. The summed E-state index contributed by atoms with van der Waals surface area (Å²) in [4.78, 5) is 6.89. The Morgan fingerprint density at radius 3 is 2.43 bits per heavy atom. The van der Waals surface area contributed by atoms with E-state index in [1.54, 1.807) is 0 Å². The molecule has 2 atom stereocenters. The minimum atomic E-state index is -0.0121. The molecule has 1 saturated heterocycles. The van der Waals surface area contributed by atoms with Gasteiger partial charge in [-0.15, -0.1) is 0 Å². The van der Waals surface area contributed by atoms with Crippen molar-refractivity contribution < 1.29 is 0 Å². The molecule has 2 aromatic heterocycles. The van der Waals surface area contributed by atoms with E-state index in [-0.39, 0.29) is 12.1 Å². The van der Waals surface area contributed by atoms with Crippen molar-refractivity contribution in [1.82, 2.24) is 14.9 Å². The highest BCUT2D eigenvalue weighted by atomic mass is 32.1. The average molecular weight is 391 g/mol. The first-order chi connectivity index (χ1) is 13.5. The SMILES string of the molecule is Cc1cc(C)cc(N2C(=S)NC(c3ccccn3)C2c2cccn2C(C)C)c1. The van der Waals surface area contributed by atoms with Crippen molar-refractivity contribution in [3.8, 4) is 0 Å². The summed E-state index contributed by atoms with van der Waals surface area (Å²) in [5.41, 5.74) is 5.82. The van der Waals surface area contributed by atoms with Gasteiger partial charge in [0.2, 0.25) is 0 Å². The standard InChI is InChI=1S/C23H26N4S/c1-15(2)26-11-7-9-20(26)22-21(19-8-5-6-10-24-19)25-23(28)27(22)18-13-16(3)12-17(4)14-18/h5-15,21-22H,1-4H3,(H,25,28). The van der Waals surface area contributed by atoms with E-state index in [2.05, 4.69) is 90.1 Å². The number of anilines is 1. The molecule has 4 nitrogen and oxygen atoms in total. The highest BCUT2D eigenvalue weighted by Crippen LogP contribution is 2.42. The van der Waals surface area contributed by atoms with E-state index in [1.165, 1.54) is 16.8 Å². The Kier molecular flexibility index (Phi) is 4.94. The molecule has 3 aromatic rings. The molecule has 1 aliphatic heterocycles. The number of thiocarbonyl (C=S) groups is 1. The predicted molar refractivity (Wildman–Crippen MR) is 119 cm³/mol. The fourth-order valence-electron chi connectivity index (χ4n) is 4.15. The molecule has 0 spiro atoms. The average Bonchev–Trinajstić information content (AvgIpc) is 3.25. The smallest absolute Gasteiger partial charge is 0.174 e. The fraction of sp³-hybridized carbons (Fsp3) is 0.304. The van der Waals surface area contributed by atoms with Crippen LogP contribution >= 0.6 is 12.2 Å². The van der Waals surface area contributed by atoms with E-state index in [9.17, 15) is 0 Å². The summed E-state index contributed by atoms with van der Waals surface area (Å²) < 4.78 is 2.33. The molecule has 1 N–H and O–H groups in total. The summed E-state index contributed by atoms with van der Waals surface area (Å²) in [6, 6.07) is 17.4. The maximum Gasteiger partial charge on any atom is 0.174 e. The van der Waals surface area contributed by atoms with E-state index in [0.717, 1.165) is 16.5 Å². The highest BCUT2D eigenvalue weighted by molar-refractivity contribution is 7.80. The third kappa shape index (κ3) is 3.31. The fourth-order valence-corrected chi connectivity index (χ4v) is 4.50. The second-order valence-electron chi connectivity index (χ2n) is 7.78. The zero-order valence-corrected chi connectivity index (χ0v) is 17.6. The van der Waals surface area contributed by atoms with Crippen LogP contribution in [0.3, 0.4) is 0 Å². The van der Waals surface area contributed by atoms with Gasteiger partial charge in [0.05, 0.1) is 11.7 Å². The van der Waals surface area contributed by atoms with Crippen molar-refractivity contribution in [2.45, 2.75) is 45.8 Å². The molecule has 0 aliphatic carbocycles. The Hall–Kier alpha value is -2.66. The van der Waals surface area contributed by atoms with Crippen LogP contribution in [0, 0.1) is 13.8 Å². The number of aryl methyl sites for hydroxylation is 2. The number of nitrogens with one attached hydrogen (secondary N) is 1. The van der Waals surface area contributed by atoms with E-state index in [1.807, 2.05) is 18.3 Å². The van der Waals surface area contributed by atoms with Crippen LogP contribution < -0.4 is 10.2 Å². The maximum atomic E-state index is 5.82. The lowest BCUT2D eigenvalue weighted by atomic mass is 10.00. The van der Waals surface area contributed by atoms with Gasteiger partial charge in [0.15, 0.2) is 5.11 Å². The van der Waals surface area contributed by atoms with Crippen LogP contribution in [0.25, 0.3) is 0 Å². The van der Waals surface area contributed by atoms with Gasteiger partial charge in [0, 0.05) is 29.8 Å². The first-order valence-electron chi connectivity index (χ1n) is 9.71. The van der Waals surface area contributed by atoms with E-state index in [0.29, 0.717) is 6.04 Å². The van der Waals surface area contributed by atoms with Gasteiger partial charge < -0.3 is 14.8 Å². The van der Waals surface area contributed by atoms with Crippen molar-refractivity contribution in [3.05, 3.63) is 83.4 Å². The predicted octanol–water partition coefficient (Wildman–Crippen LogP) is 5.26. The molecule has 1 fully saturated rings. The summed E-state index contributed by atoms with van der Waals surface area (Å²) in [7, 11) is 0. The molecule has 28 heavy (non-hydrogen) atoms. The van der Waals surface area contributed by atoms with Crippen molar-refractivity contribution in [1.29, 1.82) is 0 Å². The summed E-state index contributed by atoms with van der Waals surface area (Å²) in [6.45, 7) is 8.68. The number of rotatable bonds is 4. The first-order valence-corrected chi connectivity index (χ1v) is 10.1. The van der Waals surface area contributed by atoms with E-state index >= 15 is 0 Å². The van der Waals surface area contributed by atoms with E-state index in [4.69, 9.17) is 12.2 Å². The summed E-state index contributed by atoms with van der Waals surface area (Å²) in [5.74, 6) is 0. The largest absolute Gasteiger partial charge is 0.351 e. The van der Waals surface area contributed by atoms with Gasteiger partial charge in [0.25, 0.3) is 0 Å². The minimum Gasteiger partial charge on any atom is -0.351 e. The molecule has 1 aliphatic rings. The van der Waals surface area contributed by atoms with Crippen LogP contribution in [0.15, 0.2) is 60.9 Å². The Morgan fingerprint density at radius 1 is 1.04 bits per heavy atom. The number of aromatic nitrogens is 2. The van der Waals surface area contributed by atoms with Gasteiger partial charge in [-0.2, -0.15) is 0 Å². The third-order valence-corrected chi connectivity index (χ3v) is 5.57. The third-order valence-electron chi connectivity index (χ3n) is 5.25. The molecular formula is C23H26N4S. The molecule has 0 amide bonds. The van der Waals surface area contributed by atoms with Gasteiger partial charge in [-0.3, -0.25) is 4.98 Å². The molecule has 0 radical (unpaired) electrons. The van der Waals surface area contributed by atoms with Crippen LogP contribution in [0.2, 0.25) is 0 Å². The Morgan fingerprint density at radius 2 is 1.79 bits per heavy atom. The molecule has 0 saturated carbocycles. The van der Waals surface area contributed by atoms with Crippen LogP contribution in [0.1, 0.15) is 54.5 Å². The van der Waals surface area contributed by atoms with Crippen LogP contribution in [-0.4, -0.2) is 14.7 Å². The molecular weight excluding hydrogens is 364 g/mol. The zero-order chi connectivity index (χ0) is 19.8. The second-order valence-corrected chi connectivity index (χ2v) is 8.16. The molecule has 2 unspecified atom stereocenters. The number of hydrogen-bond acceptors (Lipinski definition) is 2. The quantitative estimate of drug-likeness (QED) is 0.616. The van der Waals surface area contributed by atoms with Gasteiger partial charge >= 0.3 is 0 Å². The van der Waals surface area contributed by atoms with Gasteiger partial charge in [-0.05, 0) is 87.4 Å². The zero-order valence-electron chi connectivity index (χ0n) is 16.8. The molecule has 3 heterocycles. The maximum absolute atomic E-state index is 5.82. The number of nitrogens with zero attached hydrogens (tertiary/aromatic N) is 3. The molecule has 1 aromatic carbocycles. The molecule has 5 heteroatoms. The lowest BCUT2D eigenvalue weighted by molar-refractivity contribution is 0.497. The van der Waals surface area contributed by atoms with Crippen molar-refractivity contribution in [2.75, 3.05) is 4.90 Å². The van der Waals surface area contributed by atoms with Crippen molar-refractivity contribution in [2.24, 2.45) is 0 Å². The van der Waals surface area contributed by atoms with Crippen LogP contribution in [0.4, 0.5) is 5.69 Å². The molecule has 0 bridgehead atoms. The number of hydrogen-bond donors (Lipinski definition) is 1. The van der Waals surface area contributed by atoms with Crippen molar-refractivity contribution in [3.63, 3.8) is 0 Å². The summed E-state index contributed by atoms with van der Waals surface area (Å²) >= 11 is 5.82. The highest BCUT2D eigenvalue weighted by Gasteiger charge is 2.42. The summed E-state index contributed by atoms with van der Waals surface area (Å²) in [5, 5.41) is 4.28. The van der Waals surface area contributed by atoms with E-state index < -0.39 is 0 Å². The van der Waals surface area contributed by atoms with Gasteiger partial charge in [-0.1, -0.05) is 12.1 Å². The molecule has 4 rings (SSSR count). The van der Waals surface area contributed by atoms with Crippen molar-refractivity contribution >= 4 is 23.0 Å².